The van der Waals surface area contributed by atoms with Crippen molar-refractivity contribution in [2.24, 2.45) is 0 Å². The molecule has 4 nitrogen and oxygen atoms in total. The van der Waals surface area contributed by atoms with Crippen molar-refractivity contribution in [3.8, 4) is 0 Å². The highest BCUT2D eigenvalue weighted by Gasteiger charge is 2.19. The maximum Gasteiger partial charge on any atom is 0.0972 e. The van der Waals surface area contributed by atoms with E-state index >= 15 is 0 Å². The summed E-state index contributed by atoms with van der Waals surface area (Å²) in [5.74, 6) is 0. The molecule has 0 atom stereocenters. The van der Waals surface area contributed by atoms with E-state index in [1.165, 1.54) is 199 Å². The van der Waals surface area contributed by atoms with Crippen LogP contribution in [-0.2, 0) is 25.7 Å². The van der Waals surface area contributed by atoms with Gasteiger partial charge in [-0.15, -0.1) is 0 Å². The average molecular weight is 709 g/mol. The van der Waals surface area contributed by atoms with Crippen molar-refractivity contribution in [2.75, 3.05) is 0 Å². The first-order valence-electron chi connectivity index (χ1n) is 22.4. The molecule has 0 aliphatic rings. The molecule has 0 fully saturated rings. The lowest BCUT2D eigenvalue weighted by molar-refractivity contribution is 0.593. The van der Waals surface area contributed by atoms with E-state index in [0.29, 0.717) is 0 Å². The predicted octanol–water partition coefficient (Wildman–Crippen LogP) is 15.0. The number of aromatic nitrogens is 4. The van der Waals surface area contributed by atoms with Crippen molar-refractivity contribution >= 4 is 32.8 Å². The summed E-state index contributed by atoms with van der Waals surface area (Å²) in [4.78, 5) is 22.0. The van der Waals surface area contributed by atoms with Gasteiger partial charge < -0.3 is 0 Å². The van der Waals surface area contributed by atoms with Crippen LogP contribution in [-0.4, -0.2) is 19.9 Å². The zero-order valence-electron chi connectivity index (χ0n) is 34.7. The van der Waals surface area contributed by atoms with Crippen LogP contribution in [0.5, 0.6) is 0 Å². The minimum absolute atomic E-state index is 1.03. The fraction of sp³-hybridized carbons (Fsp3) is 0.708. The van der Waals surface area contributed by atoms with Gasteiger partial charge in [0.05, 0.1) is 44.8 Å². The number of hydrogen-bond acceptors (Lipinski definition) is 4. The number of rotatable bonds is 28. The van der Waals surface area contributed by atoms with Crippen molar-refractivity contribution in [3.05, 3.63) is 46.0 Å². The third-order valence-corrected chi connectivity index (χ3v) is 11.4. The quantitative estimate of drug-likeness (QED) is 0.0435. The van der Waals surface area contributed by atoms with Gasteiger partial charge in [0.25, 0.3) is 0 Å². The molecule has 2 aromatic heterocycles. The molecule has 4 heteroatoms. The standard InChI is InChI=1S/C48H76N4/c1-7-11-15-19-23-27-31-41-43(33-29-25-21-17-13-9-3)51-47-39-36-38(6)46-48(40(39)35-37(5)45(47)49-41)52-44(34-30-26-22-18-14-10-4)42(50-46)32-28-24-20-16-12-8-2/h35-36H,7-34H2,1-6H3. The molecule has 52 heavy (non-hydrogen) atoms. The minimum atomic E-state index is 1.03. The Morgan fingerprint density at radius 2 is 0.538 bits per heavy atom. The Balaban J connectivity index is 1.71. The van der Waals surface area contributed by atoms with E-state index in [2.05, 4.69) is 53.7 Å². The van der Waals surface area contributed by atoms with Crippen LogP contribution in [0.1, 0.15) is 216 Å². The maximum atomic E-state index is 5.56. The van der Waals surface area contributed by atoms with Crippen molar-refractivity contribution in [2.45, 2.75) is 221 Å². The fourth-order valence-electron chi connectivity index (χ4n) is 8.14. The zero-order valence-corrected chi connectivity index (χ0v) is 34.7. The Labute approximate surface area is 319 Å². The van der Waals surface area contributed by atoms with Gasteiger partial charge in [0.1, 0.15) is 0 Å². The van der Waals surface area contributed by atoms with Crippen LogP contribution in [0.4, 0.5) is 0 Å². The Morgan fingerprint density at radius 1 is 0.308 bits per heavy atom. The normalized spacial score (nSPS) is 11.9. The molecule has 0 amide bonds. The van der Waals surface area contributed by atoms with Crippen molar-refractivity contribution in [1.29, 1.82) is 0 Å². The van der Waals surface area contributed by atoms with E-state index in [0.717, 1.165) is 47.8 Å². The summed E-state index contributed by atoms with van der Waals surface area (Å²) in [6.07, 6.45) is 35.5. The SMILES string of the molecule is CCCCCCCCc1nc2c(C)cc3c(cc(C)c4nc(CCCCCCCC)c(CCCCCCCC)nc43)c2nc1CCCCCCCC. The van der Waals surface area contributed by atoms with Crippen molar-refractivity contribution in [3.63, 3.8) is 0 Å². The lowest BCUT2D eigenvalue weighted by atomic mass is 9.97. The van der Waals surface area contributed by atoms with Crippen LogP contribution < -0.4 is 0 Å². The molecule has 288 valence electrons. The van der Waals surface area contributed by atoms with Crippen LogP contribution in [0.25, 0.3) is 32.8 Å². The molecule has 0 bridgehead atoms. The second kappa shape index (κ2) is 23.9. The second-order valence-electron chi connectivity index (χ2n) is 16.2. The van der Waals surface area contributed by atoms with Crippen LogP contribution in [0, 0.1) is 13.8 Å². The molecular formula is C48H76N4. The van der Waals surface area contributed by atoms with Gasteiger partial charge in [-0.2, -0.15) is 0 Å². The maximum absolute atomic E-state index is 5.56. The number of unbranched alkanes of at least 4 members (excludes halogenated alkanes) is 20. The Kier molecular flexibility index (Phi) is 19.4. The molecule has 0 saturated carbocycles. The third-order valence-electron chi connectivity index (χ3n) is 11.4. The lowest BCUT2D eigenvalue weighted by Gasteiger charge is -2.16. The monoisotopic (exact) mass is 709 g/mol. The van der Waals surface area contributed by atoms with E-state index in [9.17, 15) is 0 Å². The van der Waals surface area contributed by atoms with Crippen LogP contribution in [0.15, 0.2) is 12.1 Å². The molecule has 0 saturated heterocycles. The number of fused-ring (bicyclic) bond motifs is 5. The van der Waals surface area contributed by atoms with Gasteiger partial charge in [-0.3, -0.25) is 0 Å². The molecule has 4 aromatic rings. The third kappa shape index (κ3) is 12.8. The molecule has 2 heterocycles. The number of nitrogens with zero attached hydrogens (tertiary/aromatic N) is 4. The molecule has 0 unspecified atom stereocenters. The molecule has 0 radical (unpaired) electrons. The van der Waals surface area contributed by atoms with Crippen LogP contribution in [0.2, 0.25) is 0 Å². The van der Waals surface area contributed by atoms with Gasteiger partial charge in [-0.25, -0.2) is 19.9 Å². The molecule has 0 aliphatic carbocycles. The molecule has 0 spiro atoms. The van der Waals surface area contributed by atoms with E-state index in [-0.39, 0.29) is 0 Å². The van der Waals surface area contributed by atoms with E-state index in [4.69, 9.17) is 19.9 Å². The van der Waals surface area contributed by atoms with Gasteiger partial charge in [-0.1, -0.05) is 156 Å². The van der Waals surface area contributed by atoms with E-state index < -0.39 is 0 Å². The Bertz CT molecular complexity index is 1500. The summed E-state index contributed by atoms with van der Waals surface area (Å²) in [6.45, 7) is 13.7. The van der Waals surface area contributed by atoms with Gasteiger partial charge in [0.2, 0.25) is 0 Å². The molecule has 0 aliphatic heterocycles. The number of hydrogen-bond donors (Lipinski definition) is 0. The van der Waals surface area contributed by atoms with E-state index in [1.54, 1.807) is 0 Å². The fourth-order valence-corrected chi connectivity index (χ4v) is 8.14. The minimum Gasteiger partial charge on any atom is -0.249 e. The van der Waals surface area contributed by atoms with Crippen molar-refractivity contribution in [1.82, 2.24) is 19.9 Å². The lowest BCUT2D eigenvalue weighted by Crippen LogP contribution is -2.07. The smallest absolute Gasteiger partial charge is 0.0972 e. The number of aryl methyl sites for hydroxylation is 6. The summed E-state index contributed by atoms with van der Waals surface area (Å²) in [6, 6.07) is 4.71. The average Bonchev–Trinajstić information content (AvgIpc) is 3.15. The topological polar surface area (TPSA) is 51.6 Å². The first-order valence-corrected chi connectivity index (χ1v) is 22.4. The first-order chi connectivity index (χ1) is 25.5. The molecule has 0 N–H and O–H groups in total. The van der Waals surface area contributed by atoms with Crippen molar-refractivity contribution < 1.29 is 0 Å². The van der Waals surface area contributed by atoms with Crippen LogP contribution in [0.3, 0.4) is 0 Å². The van der Waals surface area contributed by atoms with Gasteiger partial charge in [0, 0.05) is 10.8 Å². The summed E-state index contributed by atoms with van der Waals surface area (Å²) in [5, 5.41) is 2.41. The molecule has 4 rings (SSSR count). The second-order valence-corrected chi connectivity index (χ2v) is 16.2. The highest BCUT2D eigenvalue weighted by Crippen LogP contribution is 2.34. The first kappa shape index (κ1) is 42.1. The zero-order chi connectivity index (χ0) is 37.0. The summed E-state index contributed by atoms with van der Waals surface area (Å²) < 4.78 is 0. The predicted molar refractivity (Wildman–Crippen MR) is 228 cm³/mol. The Morgan fingerprint density at radius 3 is 0.808 bits per heavy atom. The molecular weight excluding hydrogens is 633 g/mol. The van der Waals surface area contributed by atoms with Gasteiger partial charge in [0.15, 0.2) is 0 Å². The largest absolute Gasteiger partial charge is 0.249 e. The summed E-state index contributed by atoms with van der Waals surface area (Å²) in [5.41, 5.74) is 11.7. The van der Waals surface area contributed by atoms with Gasteiger partial charge in [-0.05, 0) is 88.5 Å². The number of benzene rings is 2. The summed E-state index contributed by atoms with van der Waals surface area (Å²) in [7, 11) is 0. The molecule has 2 aromatic carbocycles. The Hall–Kier alpha value is -2.62. The summed E-state index contributed by atoms with van der Waals surface area (Å²) >= 11 is 0. The highest BCUT2D eigenvalue weighted by atomic mass is 14.9. The van der Waals surface area contributed by atoms with Gasteiger partial charge >= 0.3 is 0 Å². The van der Waals surface area contributed by atoms with E-state index in [1.807, 2.05) is 0 Å². The highest BCUT2D eigenvalue weighted by molar-refractivity contribution is 6.15. The van der Waals surface area contributed by atoms with Crippen LogP contribution >= 0.6 is 0 Å².